The largest absolute Gasteiger partial charge is 0.377 e. The second kappa shape index (κ2) is 5.48. The highest BCUT2D eigenvalue weighted by Gasteiger charge is 2.28. The number of likely N-dealkylation sites (tertiary alicyclic amines) is 1. The van der Waals surface area contributed by atoms with Gasteiger partial charge in [0.1, 0.15) is 0 Å². The van der Waals surface area contributed by atoms with Gasteiger partial charge in [-0.05, 0) is 40.2 Å². The van der Waals surface area contributed by atoms with Crippen molar-refractivity contribution in [2.24, 2.45) is 0 Å². The van der Waals surface area contributed by atoms with Crippen molar-refractivity contribution in [3.05, 3.63) is 0 Å². The van der Waals surface area contributed by atoms with Crippen LogP contribution in [0.25, 0.3) is 0 Å². The first-order chi connectivity index (χ1) is 7.66. The summed E-state index contributed by atoms with van der Waals surface area (Å²) in [6.45, 7) is 9.18. The molecule has 0 aromatic carbocycles. The van der Waals surface area contributed by atoms with Gasteiger partial charge >= 0.3 is 0 Å². The van der Waals surface area contributed by atoms with Crippen LogP contribution in [-0.4, -0.2) is 61.3 Å². The summed E-state index contributed by atoms with van der Waals surface area (Å²) in [4.78, 5) is 5.09. The first-order valence-electron chi connectivity index (χ1n) is 6.72. The van der Waals surface area contributed by atoms with Gasteiger partial charge in [-0.15, -0.1) is 0 Å². The lowest BCUT2D eigenvalue weighted by molar-refractivity contribution is 0.0683. The monoisotopic (exact) mass is 226 g/mol. The molecule has 0 N–H and O–H groups in total. The van der Waals surface area contributed by atoms with E-state index in [1.54, 1.807) is 0 Å². The number of ether oxygens (including phenoxy) is 1. The van der Waals surface area contributed by atoms with Gasteiger partial charge in [0.2, 0.25) is 0 Å². The van der Waals surface area contributed by atoms with Gasteiger partial charge in [-0.2, -0.15) is 0 Å². The minimum atomic E-state index is 0.498. The summed E-state index contributed by atoms with van der Waals surface area (Å²) in [6, 6.07) is 1.44. The van der Waals surface area contributed by atoms with Gasteiger partial charge in [0.05, 0.1) is 6.10 Å². The fourth-order valence-electron chi connectivity index (χ4n) is 2.86. The fourth-order valence-corrected chi connectivity index (χ4v) is 2.86. The second-order valence-electron chi connectivity index (χ2n) is 5.61. The van der Waals surface area contributed by atoms with Crippen LogP contribution in [0.1, 0.15) is 33.1 Å². The van der Waals surface area contributed by atoms with E-state index in [0.29, 0.717) is 12.1 Å². The number of hydrogen-bond donors (Lipinski definition) is 0. The SMILES string of the molecule is CC(C)N1CCC(N(C)CC2CCCO2)C1. The Hall–Kier alpha value is -0.120. The highest BCUT2D eigenvalue weighted by molar-refractivity contribution is 4.85. The number of nitrogens with zero attached hydrogens (tertiary/aromatic N) is 2. The van der Waals surface area contributed by atoms with E-state index in [-0.39, 0.29) is 0 Å². The molecule has 2 fully saturated rings. The summed E-state index contributed by atoms with van der Waals surface area (Å²) in [7, 11) is 2.26. The lowest BCUT2D eigenvalue weighted by atomic mass is 10.2. The quantitative estimate of drug-likeness (QED) is 0.724. The van der Waals surface area contributed by atoms with Crippen molar-refractivity contribution in [2.75, 3.05) is 33.3 Å². The molecule has 2 aliphatic rings. The van der Waals surface area contributed by atoms with Gasteiger partial charge in [0, 0.05) is 38.3 Å². The molecule has 2 unspecified atom stereocenters. The molecule has 2 aliphatic heterocycles. The Kier molecular flexibility index (Phi) is 4.22. The summed E-state index contributed by atoms with van der Waals surface area (Å²) >= 11 is 0. The summed E-state index contributed by atoms with van der Waals surface area (Å²) in [6.07, 6.45) is 4.33. The van der Waals surface area contributed by atoms with E-state index in [0.717, 1.165) is 19.2 Å². The molecule has 0 amide bonds. The molecule has 0 radical (unpaired) electrons. The van der Waals surface area contributed by atoms with Gasteiger partial charge in [0.15, 0.2) is 0 Å². The number of likely N-dealkylation sites (N-methyl/N-ethyl adjacent to an activating group) is 1. The summed E-state index contributed by atoms with van der Waals surface area (Å²) in [5.41, 5.74) is 0. The highest BCUT2D eigenvalue weighted by Crippen LogP contribution is 2.19. The van der Waals surface area contributed by atoms with Crippen molar-refractivity contribution in [3.63, 3.8) is 0 Å². The normalized spacial score (nSPS) is 32.1. The van der Waals surface area contributed by atoms with Gasteiger partial charge in [0.25, 0.3) is 0 Å². The predicted molar refractivity (Wildman–Crippen MR) is 66.7 cm³/mol. The van der Waals surface area contributed by atoms with E-state index in [1.807, 2.05) is 0 Å². The van der Waals surface area contributed by atoms with E-state index in [1.165, 1.54) is 32.4 Å². The van der Waals surface area contributed by atoms with Gasteiger partial charge in [-0.1, -0.05) is 0 Å². The summed E-state index contributed by atoms with van der Waals surface area (Å²) in [5, 5.41) is 0. The molecule has 2 atom stereocenters. The van der Waals surface area contributed by atoms with Gasteiger partial charge in [-0.3, -0.25) is 9.80 Å². The number of rotatable bonds is 4. The molecule has 94 valence electrons. The average Bonchev–Trinajstić information content (AvgIpc) is 2.86. The van der Waals surface area contributed by atoms with E-state index in [9.17, 15) is 0 Å². The molecule has 0 bridgehead atoms. The van der Waals surface area contributed by atoms with E-state index >= 15 is 0 Å². The Morgan fingerprint density at radius 2 is 2.19 bits per heavy atom. The third kappa shape index (κ3) is 2.96. The van der Waals surface area contributed by atoms with Crippen molar-refractivity contribution < 1.29 is 4.74 Å². The number of hydrogen-bond acceptors (Lipinski definition) is 3. The van der Waals surface area contributed by atoms with Crippen LogP contribution >= 0.6 is 0 Å². The Labute approximate surface area is 99.7 Å². The van der Waals surface area contributed by atoms with E-state index in [2.05, 4.69) is 30.7 Å². The van der Waals surface area contributed by atoms with Crippen LogP contribution in [0.3, 0.4) is 0 Å². The first-order valence-corrected chi connectivity index (χ1v) is 6.72. The molecule has 0 aliphatic carbocycles. The van der Waals surface area contributed by atoms with Gasteiger partial charge in [-0.25, -0.2) is 0 Å². The first kappa shape index (κ1) is 12.3. The second-order valence-corrected chi connectivity index (χ2v) is 5.61. The molecule has 0 spiro atoms. The van der Waals surface area contributed by atoms with Crippen LogP contribution in [0.5, 0.6) is 0 Å². The van der Waals surface area contributed by atoms with Crippen LogP contribution in [0.15, 0.2) is 0 Å². The Balaban J connectivity index is 1.75. The topological polar surface area (TPSA) is 15.7 Å². The molecular formula is C13H26N2O. The van der Waals surface area contributed by atoms with Crippen molar-refractivity contribution in [3.8, 4) is 0 Å². The zero-order chi connectivity index (χ0) is 11.5. The molecule has 0 aromatic rings. The summed E-state index contributed by atoms with van der Waals surface area (Å²) in [5.74, 6) is 0. The molecule has 2 saturated heterocycles. The Morgan fingerprint density at radius 1 is 1.38 bits per heavy atom. The minimum Gasteiger partial charge on any atom is -0.377 e. The lowest BCUT2D eigenvalue weighted by Crippen LogP contribution is -2.40. The molecular weight excluding hydrogens is 200 g/mol. The van der Waals surface area contributed by atoms with Crippen LogP contribution in [0.2, 0.25) is 0 Å². The maximum atomic E-state index is 5.70. The minimum absolute atomic E-state index is 0.498. The standard InChI is InChI=1S/C13H26N2O/c1-11(2)15-7-6-12(9-15)14(3)10-13-5-4-8-16-13/h11-13H,4-10H2,1-3H3. The molecule has 3 nitrogen and oxygen atoms in total. The van der Waals surface area contributed by atoms with Crippen molar-refractivity contribution >= 4 is 0 Å². The van der Waals surface area contributed by atoms with Crippen LogP contribution in [-0.2, 0) is 4.74 Å². The molecule has 3 heteroatoms. The third-order valence-corrected chi connectivity index (χ3v) is 4.06. The Bertz CT molecular complexity index is 214. The van der Waals surface area contributed by atoms with Crippen molar-refractivity contribution in [2.45, 2.75) is 51.3 Å². The molecule has 16 heavy (non-hydrogen) atoms. The Morgan fingerprint density at radius 3 is 2.75 bits per heavy atom. The molecule has 0 aromatic heterocycles. The smallest absolute Gasteiger partial charge is 0.0702 e. The maximum absolute atomic E-state index is 5.70. The van der Waals surface area contributed by atoms with Crippen molar-refractivity contribution in [1.29, 1.82) is 0 Å². The van der Waals surface area contributed by atoms with E-state index < -0.39 is 0 Å². The third-order valence-electron chi connectivity index (χ3n) is 4.06. The predicted octanol–water partition coefficient (Wildman–Crippen LogP) is 1.58. The summed E-state index contributed by atoms with van der Waals surface area (Å²) < 4.78 is 5.70. The average molecular weight is 226 g/mol. The highest BCUT2D eigenvalue weighted by atomic mass is 16.5. The van der Waals surface area contributed by atoms with Crippen LogP contribution < -0.4 is 0 Å². The van der Waals surface area contributed by atoms with E-state index in [4.69, 9.17) is 4.74 Å². The van der Waals surface area contributed by atoms with Gasteiger partial charge < -0.3 is 4.74 Å². The van der Waals surface area contributed by atoms with Crippen LogP contribution in [0.4, 0.5) is 0 Å². The maximum Gasteiger partial charge on any atom is 0.0702 e. The van der Waals surface area contributed by atoms with Crippen molar-refractivity contribution in [1.82, 2.24) is 9.80 Å². The molecule has 2 heterocycles. The molecule has 0 saturated carbocycles. The molecule has 2 rings (SSSR count). The zero-order valence-corrected chi connectivity index (χ0v) is 11.0. The lowest BCUT2D eigenvalue weighted by Gasteiger charge is -2.27. The fraction of sp³-hybridized carbons (Fsp3) is 1.00. The zero-order valence-electron chi connectivity index (χ0n) is 11.0. The van der Waals surface area contributed by atoms with Crippen LogP contribution in [0, 0.1) is 0 Å².